The van der Waals surface area contributed by atoms with E-state index < -0.39 is 29.1 Å². The van der Waals surface area contributed by atoms with Crippen molar-refractivity contribution in [2.75, 3.05) is 7.11 Å². The van der Waals surface area contributed by atoms with Crippen molar-refractivity contribution >= 4 is 33.4 Å². The quantitative estimate of drug-likeness (QED) is 0.607. The van der Waals surface area contributed by atoms with Gasteiger partial charge in [-0.15, -0.1) is 0 Å². The van der Waals surface area contributed by atoms with Gasteiger partial charge in [0, 0.05) is 6.54 Å². The summed E-state index contributed by atoms with van der Waals surface area (Å²) in [6.45, 7) is 2.25. The maximum absolute atomic E-state index is 13.9. The molecule has 1 heterocycles. The van der Waals surface area contributed by atoms with E-state index in [0.717, 1.165) is 34.3 Å². The third kappa shape index (κ3) is 4.01. The fourth-order valence-electron chi connectivity index (χ4n) is 2.79. The number of aryl methyl sites for hydroxylation is 2. The first-order chi connectivity index (χ1) is 13.4. The fourth-order valence-corrected chi connectivity index (χ4v) is 3.91. The molecule has 0 saturated carbocycles. The minimum absolute atomic E-state index is 0.0767. The highest BCUT2D eigenvalue weighted by Crippen LogP contribution is 2.21. The molecule has 0 aliphatic heterocycles. The number of amides is 1. The van der Waals surface area contributed by atoms with E-state index in [2.05, 4.69) is 9.73 Å². The van der Waals surface area contributed by atoms with Crippen LogP contribution in [0.3, 0.4) is 0 Å². The first-order valence-corrected chi connectivity index (χ1v) is 9.48. The third-order valence-corrected chi connectivity index (χ3v) is 5.34. The number of rotatable bonds is 5. The Morgan fingerprint density at radius 1 is 1.18 bits per heavy atom. The predicted octanol–water partition coefficient (Wildman–Crippen LogP) is 3.85. The van der Waals surface area contributed by atoms with Crippen molar-refractivity contribution in [2.45, 2.75) is 26.3 Å². The maximum atomic E-state index is 13.9. The van der Waals surface area contributed by atoms with Crippen molar-refractivity contribution in [3.05, 3.63) is 64.0 Å². The van der Waals surface area contributed by atoms with Crippen LogP contribution in [0.15, 0.2) is 41.4 Å². The summed E-state index contributed by atoms with van der Waals surface area (Å²) < 4.78 is 35.1. The van der Waals surface area contributed by atoms with Crippen LogP contribution in [-0.4, -0.2) is 23.6 Å². The van der Waals surface area contributed by atoms with Crippen LogP contribution in [0.25, 0.3) is 10.2 Å². The molecule has 0 atom stereocenters. The van der Waals surface area contributed by atoms with E-state index in [4.69, 9.17) is 0 Å². The smallest absolute Gasteiger partial charge is 0.307 e. The van der Waals surface area contributed by atoms with Gasteiger partial charge >= 0.3 is 5.97 Å². The minimum atomic E-state index is -1.01. The summed E-state index contributed by atoms with van der Waals surface area (Å²) in [7, 11) is 1.29. The molecule has 0 fully saturated rings. The molecule has 0 N–H and O–H groups in total. The van der Waals surface area contributed by atoms with Gasteiger partial charge in [0.05, 0.1) is 23.7 Å². The number of carbonyl (C=O) groups excluding carboxylic acids is 2. The number of ether oxygens (including phenoxy) is 1. The second kappa shape index (κ2) is 8.43. The summed E-state index contributed by atoms with van der Waals surface area (Å²) in [6, 6.07) is 9.01. The van der Waals surface area contributed by atoms with Gasteiger partial charge in [-0.25, -0.2) is 8.78 Å². The lowest BCUT2D eigenvalue weighted by atomic mass is 10.2. The maximum Gasteiger partial charge on any atom is 0.307 e. The summed E-state index contributed by atoms with van der Waals surface area (Å²) in [5.41, 5.74) is 1.19. The first kappa shape index (κ1) is 19.9. The van der Waals surface area contributed by atoms with Crippen LogP contribution in [0.2, 0.25) is 0 Å². The number of carbonyl (C=O) groups is 2. The molecule has 0 spiro atoms. The largest absolute Gasteiger partial charge is 0.469 e. The molecular formula is C20H18F2N2O3S. The Hall–Kier alpha value is -2.87. The van der Waals surface area contributed by atoms with Gasteiger partial charge in [-0.1, -0.05) is 30.4 Å². The van der Waals surface area contributed by atoms with Gasteiger partial charge in [-0.2, -0.15) is 4.99 Å². The van der Waals surface area contributed by atoms with Crippen LogP contribution in [0, 0.1) is 11.6 Å². The predicted molar refractivity (Wildman–Crippen MR) is 102 cm³/mol. The standard InChI is InChI=1S/C20H18F2N2O3S/c1-3-12-7-8-15-16(11-12)28-20(24(15)10-9-17(25)27-2)23-19(26)18-13(21)5-4-6-14(18)22/h4-8,11H,3,9-10H2,1-2H3. The fraction of sp³-hybridized carbons (Fsp3) is 0.250. The molecule has 3 rings (SSSR count). The zero-order chi connectivity index (χ0) is 20.3. The van der Waals surface area contributed by atoms with Gasteiger partial charge in [0.15, 0.2) is 4.80 Å². The van der Waals surface area contributed by atoms with Crippen molar-refractivity contribution in [3.8, 4) is 0 Å². The number of thiazole rings is 1. The van der Waals surface area contributed by atoms with Crippen LogP contribution >= 0.6 is 11.3 Å². The zero-order valence-corrected chi connectivity index (χ0v) is 16.2. The van der Waals surface area contributed by atoms with Crippen LogP contribution < -0.4 is 4.80 Å². The van der Waals surface area contributed by atoms with Gasteiger partial charge in [0.1, 0.15) is 17.2 Å². The third-order valence-electron chi connectivity index (χ3n) is 4.30. The van der Waals surface area contributed by atoms with Crippen LogP contribution in [-0.2, 0) is 22.5 Å². The molecule has 2 aromatic carbocycles. The normalized spacial score (nSPS) is 11.8. The van der Waals surface area contributed by atoms with E-state index in [1.54, 1.807) is 4.57 Å². The Morgan fingerprint density at radius 3 is 2.54 bits per heavy atom. The average molecular weight is 404 g/mol. The SMILES string of the molecule is CCc1ccc2c(c1)sc(=NC(=O)c1c(F)cccc1F)n2CCC(=O)OC. The van der Waals surface area contributed by atoms with E-state index >= 15 is 0 Å². The number of hydrogen-bond donors (Lipinski definition) is 0. The molecule has 1 amide bonds. The van der Waals surface area contributed by atoms with Crippen LogP contribution in [0.5, 0.6) is 0 Å². The topological polar surface area (TPSA) is 60.7 Å². The number of halogens is 2. The summed E-state index contributed by atoms with van der Waals surface area (Å²) in [5, 5.41) is 0. The van der Waals surface area contributed by atoms with Crippen LogP contribution in [0.1, 0.15) is 29.3 Å². The highest BCUT2D eigenvalue weighted by Gasteiger charge is 2.17. The number of nitrogens with zero attached hydrogens (tertiary/aromatic N) is 2. The molecule has 0 bridgehead atoms. The summed E-state index contributed by atoms with van der Waals surface area (Å²) in [4.78, 5) is 28.2. The van der Waals surface area contributed by atoms with Crippen molar-refractivity contribution in [3.63, 3.8) is 0 Å². The van der Waals surface area contributed by atoms with Crippen molar-refractivity contribution in [1.29, 1.82) is 0 Å². The second-order valence-electron chi connectivity index (χ2n) is 6.03. The Balaban J connectivity index is 2.13. The van der Waals surface area contributed by atoms with Crippen molar-refractivity contribution < 1.29 is 23.1 Å². The Kier molecular flexibility index (Phi) is 5.99. The molecule has 146 valence electrons. The van der Waals surface area contributed by atoms with Gasteiger partial charge in [-0.3, -0.25) is 9.59 Å². The molecule has 8 heteroatoms. The van der Waals surface area contributed by atoms with Gasteiger partial charge in [-0.05, 0) is 36.2 Å². The van der Waals surface area contributed by atoms with E-state index in [-0.39, 0.29) is 17.8 Å². The summed E-state index contributed by atoms with van der Waals surface area (Å²) in [6.07, 6.45) is 0.912. The average Bonchev–Trinajstić information content (AvgIpc) is 3.01. The highest BCUT2D eigenvalue weighted by atomic mass is 32.1. The molecular weight excluding hydrogens is 386 g/mol. The number of methoxy groups -OCH3 is 1. The van der Waals surface area contributed by atoms with E-state index in [1.807, 2.05) is 25.1 Å². The monoisotopic (exact) mass is 404 g/mol. The lowest BCUT2D eigenvalue weighted by molar-refractivity contribution is -0.140. The molecule has 28 heavy (non-hydrogen) atoms. The Labute approximate surface area is 163 Å². The summed E-state index contributed by atoms with van der Waals surface area (Å²) >= 11 is 1.23. The minimum Gasteiger partial charge on any atom is -0.469 e. The van der Waals surface area contributed by atoms with Gasteiger partial charge in [0.2, 0.25) is 0 Å². The van der Waals surface area contributed by atoms with E-state index in [9.17, 15) is 18.4 Å². The molecule has 0 unspecified atom stereocenters. The molecule has 0 aliphatic rings. The number of fused-ring (bicyclic) bond motifs is 1. The Bertz CT molecular complexity index is 1100. The number of hydrogen-bond acceptors (Lipinski definition) is 4. The molecule has 1 aromatic heterocycles. The summed E-state index contributed by atoms with van der Waals surface area (Å²) in [5.74, 6) is -3.35. The Morgan fingerprint density at radius 2 is 1.89 bits per heavy atom. The van der Waals surface area contributed by atoms with Gasteiger partial charge in [0.25, 0.3) is 5.91 Å². The lowest BCUT2D eigenvalue weighted by Gasteiger charge is -2.05. The van der Waals surface area contributed by atoms with Crippen molar-refractivity contribution in [1.82, 2.24) is 4.57 Å². The van der Waals surface area contributed by atoms with Crippen LogP contribution in [0.4, 0.5) is 8.78 Å². The molecule has 0 aliphatic carbocycles. The molecule has 0 saturated heterocycles. The molecule has 3 aromatic rings. The number of esters is 1. The highest BCUT2D eigenvalue weighted by molar-refractivity contribution is 7.16. The first-order valence-electron chi connectivity index (χ1n) is 8.66. The zero-order valence-electron chi connectivity index (χ0n) is 15.4. The number of aromatic nitrogens is 1. The molecule has 0 radical (unpaired) electrons. The van der Waals surface area contributed by atoms with E-state index in [1.165, 1.54) is 24.5 Å². The van der Waals surface area contributed by atoms with Crippen molar-refractivity contribution in [2.24, 2.45) is 4.99 Å². The number of benzene rings is 2. The second-order valence-corrected chi connectivity index (χ2v) is 7.04. The molecule has 5 nitrogen and oxygen atoms in total. The lowest BCUT2D eigenvalue weighted by Crippen LogP contribution is -2.19. The van der Waals surface area contributed by atoms with E-state index in [0.29, 0.717) is 0 Å². The van der Waals surface area contributed by atoms with Gasteiger partial charge < -0.3 is 9.30 Å².